The molecule has 0 radical (unpaired) electrons. The predicted octanol–water partition coefficient (Wildman–Crippen LogP) is 1.23. The lowest BCUT2D eigenvalue weighted by Gasteiger charge is -2.18. The molecule has 1 aromatic carbocycles. The smallest absolute Gasteiger partial charge is 0.280 e. The molecule has 1 heterocycles. The Labute approximate surface area is 104 Å². The molecule has 2 rings (SSSR count). The molecule has 1 aliphatic rings. The zero-order valence-electron chi connectivity index (χ0n) is 9.78. The van der Waals surface area contributed by atoms with Gasteiger partial charge in [-0.1, -0.05) is 0 Å². The van der Waals surface area contributed by atoms with Crippen molar-refractivity contribution in [1.82, 2.24) is 0 Å². The van der Waals surface area contributed by atoms with E-state index < -0.39 is 4.92 Å². The Morgan fingerprint density at radius 2 is 2.33 bits per heavy atom. The molecule has 0 saturated carbocycles. The molecule has 0 aromatic heterocycles. The highest BCUT2D eigenvalue weighted by molar-refractivity contribution is 5.83. The fraction of sp³-hybridized carbons (Fsp3) is 0.417. The second kappa shape index (κ2) is 5.14. The van der Waals surface area contributed by atoms with Gasteiger partial charge in [0.1, 0.15) is 0 Å². The average Bonchev–Trinajstić information content (AvgIpc) is 2.86. The number of nitro groups is 1. The summed E-state index contributed by atoms with van der Waals surface area (Å²) in [7, 11) is 0. The van der Waals surface area contributed by atoms with E-state index in [1.807, 2.05) is 4.90 Å². The zero-order chi connectivity index (χ0) is 13.1. The Morgan fingerprint density at radius 1 is 1.56 bits per heavy atom. The van der Waals surface area contributed by atoms with Gasteiger partial charge in [0.2, 0.25) is 0 Å². The Bertz CT molecular complexity index is 475. The quantitative estimate of drug-likeness (QED) is 0.493. The first-order chi connectivity index (χ1) is 8.65. The highest BCUT2D eigenvalue weighted by Crippen LogP contribution is 2.27. The van der Waals surface area contributed by atoms with Crippen LogP contribution in [0.2, 0.25) is 0 Å². The summed E-state index contributed by atoms with van der Waals surface area (Å²) in [6, 6.07) is 4.53. The van der Waals surface area contributed by atoms with Crippen LogP contribution in [0.15, 0.2) is 18.2 Å². The van der Waals surface area contributed by atoms with E-state index in [0.717, 1.165) is 18.7 Å². The minimum Gasteiger partial charge on any atom is -0.396 e. The van der Waals surface area contributed by atoms with Gasteiger partial charge >= 0.3 is 0 Å². The standard InChI is InChI=1S/C12H14N2O4/c15-7-9-3-4-13(6-9)11-1-2-12(14(17)18)10(5-11)8-16/h1-2,5,8-9,15H,3-4,6-7H2. The minimum absolute atomic E-state index is 0.0879. The first kappa shape index (κ1) is 12.5. The maximum Gasteiger partial charge on any atom is 0.280 e. The van der Waals surface area contributed by atoms with E-state index in [0.29, 0.717) is 12.8 Å². The van der Waals surface area contributed by atoms with Gasteiger partial charge < -0.3 is 10.0 Å². The topological polar surface area (TPSA) is 83.7 Å². The van der Waals surface area contributed by atoms with E-state index in [1.54, 1.807) is 6.07 Å². The van der Waals surface area contributed by atoms with E-state index in [1.165, 1.54) is 12.1 Å². The lowest BCUT2D eigenvalue weighted by atomic mass is 10.1. The SMILES string of the molecule is O=Cc1cc(N2CCC(CO)C2)ccc1[N+](=O)[O-]. The third-order valence-electron chi connectivity index (χ3n) is 3.24. The van der Waals surface area contributed by atoms with Crippen molar-refractivity contribution in [1.29, 1.82) is 0 Å². The summed E-state index contributed by atoms with van der Waals surface area (Å²) < 4.78 is 0. The van der Waals surface area contributed by atoms with E-state index >= 15 is 0 Å². The van der Waals surface area contributed by atoms with Gasteiger partial charge in [-0.25, -0.2) is 0 Å². The molecular formula is C12H14N2O4. The van der Waals surface area contributed by atoms with Crippen molar-refractivity contribution >= 4 is 17.7 Å². The maximum atomic E-state index is 10.9. The van der Waals surface area contributed by atoms with Crippen molar-refractivity contribution < 1.29 is 14.8 Å². The summed E-state index contributed by atoms with van der Waals surface area (Å²) in [4.78, 5) is 23.0. The van der Waals surface area contributed by atoms with Crippen LogP contribution in [0.5, 0.6) is 0 Å². The number of carbonyl (C=O) groups excluding carboxylic acids is 1. The molecule has 0 amide bonds. The average molecular weight is 250 g/mol. The summed E-state index contributed by atoms with van der Waals surface area (Å²) in [6.07, 6.45) is 1.39. The number of aliphatic hydroxyl groups excluding tert-OH is 1. The highest BCUT2D eigenvalue weighted by atomic mass is 16.6. The lowest BCUT2D eigenvalue weighted by Crippen LogP contribution is -2.20. The van der Waals surface area contributed by atoms with Crippen molar-refractivity contribution in [3.05, 3.63) is 33.9 Å². The van der Waals surface area contributed by atoms with E-state index in [2.05, 4.69) is 0 Å². The van der Waals surface area contributed by atoms with Crippen molar-refractivity contribution in [3.63, 3.8) is 0 Å². The highest BCUT2D eigenvalue weighted by Gasteiger charge is 2.23. The molecule has 0 spiro atoms. The molecule has 1 unspecified atom stereocenters. The van der Waals surface area contributed by atoms with Crippen molar-refractivity contribution in [3.8, 4) is 0 Å². The molecular weight excluding hydrogens is 236 g/mol. The number of hydrogen-bond acceptors (Lipinski definition) is 5. The summed E-state index contributed by atoms with van der Waals surface area (Å²) in [5, 5.41) is 19.8. The number of anilines is 1. The molecule has 0 aliphatic carbocycles. The van der Waals surface area contributed by atoms with Crippen LogP contribution in [0.3, 0.4) is 0 Å². The molecule has 1 N–H and O–H groups in total. The number of rotatable bonds is 4. The molecule has 1 saturated heterocycles. The molecule has 96 valence electrons. The molecule has 6 nitrogen and oxygen atoms in total. The number of nitro benzene ring substituents is 1. The van der Waals surface area contributed by atoms with Gasteiger partial charge in [0, 0.05) is 37.4 Å². The first-order valence-corrected chi connectivity index (χ1v) is 5.75. The van der Waals surface area contributed by atoms with Crippen molar-refractivity contribution in [2.45, 2.75) is 6.42 Å². The molecule has 1 fully saturated rings. The van der Waals surface area contributed by atoms with Crippen molar-refractivity contribution in [2.24, 2.45) is 5.92 Å². The molecule has 1 aliphatic heterocycles. The number of benzene rings is 1. The van der Waals surface area contributed by atoms with Gasteiger partial charge in [-0.05, 0) is 18.6 Å². The second-order valence-electron chi connectivity index (χ2n) is 4.40. The molecule has 0 bridgehead atoms. The van der Waals surface area contributed by atoms with E-state index in [4.69, 9.17) is 5.11 Å². The lowest BCUT2D eigenvalue weighted by molar-refractivity contribution is -0.385. The van der Waals surface area contributed by atoms with Gasteiger partial charge in [0.15, 0.2) is 6.29 Å². The van der Waals surface area contributed by atoms with Crippen LogP contribution in [0.25, 0.3) is 0 Å². The number of hydrogen-bond donors (Lipinski definition) is 1. The molecule has 18 heavy (non-hydrogen) atoms. The summed E-state index contributed by atoms with van der Waals surface area (Å²) in [5.74, 6) is 0.236. The number of nitrogens with zero attached hydrogens (tertiary/aromatic N) is 2. The van der Waals surface area contributed by atoms with Crippen LogP contribution in [-0.2, 0) is 0 Å². The van der Waals surface area contributed by atoms with Crippen LogP contribution >= 0.6 is 0 Å². The third-order valence-corrected chi connectivity index (χ3v) is 3.24. The Kier molecular flexibility index (Phi) is 3.57. The van der Waals surface area contributed by atoms with Gasteiger partial charge in [-0.2, -0.15) is 0 Å². The minimum atomic E-state index is -0.561. The molecule has 1 atom stereocenters. The van der Waals surface area contributed by atoms with Gasteiger partial charge in [0.05, 0.1) is 10.5 Å². The fourth-order valence-corrected chi connectivity index (χ4v) is 2.22. The Morgan fingerprint density at radius 3 is 2.89 bits per heavy atom. The number of aldehydes is 1. The van der Waals surface area contributed by atoms with Gasteiger partial charge in [-0.15, -0.1) is 0 Å². The summed E-state index contributed by atoms with van der Waals surface area (Å²) in [6.45, 7) is 1.65. The second-order valence-corrected chi connectivity index (χ2v) is 4.40. The molecule has 6 heteroatoms. The van der Waals surface area contributed by atoms with Gasteiger partial charge in [-0.3, -0.25) is 14.9 Å². The van der Waals surface area contributed by atoms with Crippen LogP contribution in [0, 0.1) is 16.0 Å². The zero-order valence-corrected chi connectivity index (χ0v) is 9.78. The van der Waals surface area contributed by atoms with Crippen molar-refractivity contribution in [2.75, 3.05) is 24.6 Å². The number of aliphatic hydroxyl groups is 1. The largest absolute Gasteiger partial charge is 0.396 e. The van der Waals surface area contributed by atoms with Crippen LogP contribution in [0.1, 0.15) is 16.8 Å². The van der Waals surface area contributed by atoms with Crippen LogP contribution in [0.4, 0.5) is 11.4 Å². The van der Waals surface area contributed by atoms with E-state index in [-0.39, 0.29) is 23.8 Å². The Balaban J connectivity index is 2.25. The first-order valence-electron chi connectivity index (χ1n) is 5.75. The van der Waals surface area contributed by atoms with Crippen LogP contribution < -0.4 is 4.90 Å². The molecule has 1 aromatic rings. The third kappa shape index (κ3) is 2.33. The van der Waals surface area contributed by atoms with Gasteiger partial charge in [0.25, 0.3) is 5.69 Å². The predicted molar refractivity (Wildman–Crippen MR) is 65.9 cm³/mol. The monoisotopic (exact) mass is 250 g/mol. The normalized spacial score (nSPS) is 18.9. The summed E-state index contributed by atoms with van der Waals surface area (Å²) >= 11 is 0. The van der Waals surface area contributed by atoms with E-state index in [9.17, 15) is 14.9 Å². The number of carbonyl (C=O) groups is 1. The van der Waals surface area contributed by atoms with Crippen LogP contribution in [-0.4, -0.2) is 36.0 Å². The Hall–Kier alpha value is -1.95. The fourth-order valence-electron chi connectivity index (χ4n) is 2.22. The summed E-state index contributed by atoms with van der Waals surface area (Å²) in [5.41, 5.74) is 0.704. The maximum absolute atomic E-state index is 10.9.